The number of hydrogen-bond donors (Lipinski definition) is 1. The lowest BCUT2D eigenvalue weighted by atomic mass is 10.1. The van der Waals surface area contributed by atoms with Crippen molar-refractivity contribution in [2.75, 3.05) is 5.32 Å². The number of aryl methyl sites for hydroxylation is 2. The highest BCUT2D eigenvalue weighted by Crippen LogP contribution is 2.26. The molecule has 1 N–H and O–H groups in total. The first-order valence-corrected chi connectivity index (χ1v) is 12.3. The Hall–Kier alpha value is -2.38. The van der Waals surface area contributed by atoms with Crippen LogP contribution in [0.1, 0.15) is 42.1 Å². The van der Waals surface area contributed by atoms with E-state index in [0.29, 0.717) is 29.3 Å². The fourth-order valence-corrected chi connectivity index (χ4v) is 4.81. The SMILES string of the molecule is CCCC(Sc1nc(C)c(Cc2ccc(Br)cc2)c(=O)n1C)C(=O)Nc1ccc(C)cc1. The summed E-state index contributed by atoms with van der Waals surface area (Å²) in [5.41, 5.74) is 4.27. The van der Waals surface area contributed by atoms with Crippen molar-refractivity contribution >= 4 is 39.3 Å². The van der Waals surface area contributed by atoms with Gasteiger partial charge in [0.1, 0.15) is 0 Å². The van der Waals surface area contributed by atoms with Crippen molar-refractivity contribution in [3.05, 3.63) is 85.7 Å². The Bertz CT molecular complexity index is 1140. The van der Waals surface area contributed by atoms with E-state index in [1.54, 1.807) is 11.6 Å². The summed E-state index contributed by atoms with van der Waals surface area (Å²) in [6, 6.07) is 15.7. The Morgan fingerprint density at radius 1 is 1.12 bits per heavy atom. The molecule has 0 saturated heterocycles. The Morgan fingerprint density at radius 3 is 2.41 bits per heavy atom. The van der Waals surface area contributed by atoms with Gasteiger partial charge in [0.15, 0.2) is 5.16 Å². The number of carbonyl (C=O) groups is 1. The summed E-state index contributed by atoms with van der Waals surface area (Å²) < 4.78 is 2.56. The summed E-state index contributed by atoms with van der Waals surface area (Å²) >= 11 is 4.79. The van der Waals surface area contributed by atoms with Gasteiger partial charge in [-0.05, 0) is 50.1 Å². The summed E-state index contributed by atoms with van der Waals surface area (Å²) in [4.78, 5) is 30.8. The van der Waals surface area contributed by atoms with Gasteiger partial charge in [0, 0.05) is 34.9 Å². The molecule has 32 heavy (non-hydrogen) atoms. The van der Waals surface area contributed by atoms with Crippen LogP contribution in [0.4, 0.5) is 5.69 Å². The quantitative estimate of drug-likeness (QED) is 0.312. The van der Waals surface area contributed by atoms with Crippen molar-refractivity contribution in [1.29, 1.82) is 0 Å². The minimum Gasteiger partial charge on any atom is -0.325 e. The van der Waals surface area contributed by atoms with Crippen molar-refractivity contribution < 1.29 is 4.79 Å². The topological polar surface area (TPSA) is 64.0 Å². The fraction of sp³-hybridized carbons (Fsp3) is 0.320. The molecule has 7 heteroatoms. The van der Waals surface area contributed by atoms with E-state index in [1.165, 1.54) is 11.8 Å². The maximum absolute atomic E-state index is 13.1. The zero-order chi connectivity index (χ0) is 23.3. The number of amides is 1. The number of rotatable bonds is 8. The Morgan fingerprint density at radius 2 is 1.78 bits per heavy atom. The van der Waals surface area contributed by atoms with Gasteiger partial charge in [-0.1, -0.05) is 70.9 Å². The predicted octanol–water partition coefficient (Wildman–Crippen LogP) is 5.65. The lowest BCUT2D eigenvalue weighted by molar-refractivity contribution is -0.115. The minimum atomic E-state index is -0.337. The lowest BCUT2D eigenvalue weighted by Gasteiger charge is -2.18. The Labute approximate surface area is 201 Å². The highest BCUT2D eigenvalue weighted by Gasteiger charge is 2.23. The standard InChI is InChI=1S/C25H28BrN3O2S/c1-5-6-22(23(30)28-20-13-7-16(2)8-14-20)32-25-27-17(3)21(24(31)29(25)4)15-18-9-11-19(26)12-10-18/h7-14,22H,5-6,15H2,1-4H3,(H,28,30). The van der Waals surface area contributed by atoms with E-state index in [4.69, 9.17) is 4.98 Å². The first-order valence-electron chi connectivity index (χ1n) is 10.6. The molecule has 168 valence electrons. The molecule has 0 aliphatic heterocycles. The van der Waals surface area contributed by atoms with Crippen molar-refractivity contribution in [1.82, 2.24) is 9.55 Å². The van der Waals surface area contributed by atoms with Crippen LogP contribution < -0.4 is 10.9 Å². The molecule has 0 saturated carbocycles. The van der Waals surface area contributed by atoms with E-state index < -0.39 is 0 Å². The molecule has 1 aromatic heterocycles. The first-order chi connectivity index (χ1) is 15.3. The first kappa shape index (κ1) is 24.3. The lowest BCUT2D eigenvalue weighted by Crippen LogP contribution is -2.29. The number of benzene rings is 2. The molecule has 0 radical (unpaired) electrons. The number of carbonyl (C=O) groups excluding carboxylic acids is 1. The smallest absolute Gasteiger partial charge is 0.257 e. The van der Waals surface area contributed by atoms with Gasteiger partial charge >= 0.3 is 0 Å². The number of hydrogen-bond acceptors (Lipinski definition) is 4. The van der Waals surface area contributed by atoms with E-state index in [2.05, 4.69) is 21.2 Å². The number of thioether (sulfide) groups is 1. The van der Waals surface area contributed by atoms with E-state index in [1.807, 2.05) is 69.3 Å². The molecule has 0 aliphatic rings. The third-order valence-electron chi connectivity index (χ3n) is 5.25. The van der Waals surface area contributed by atoms with E-state index >= 15 is 0 Å². The zero-order valence-electron chi connectivity index (χ0n) is 18.8. The molecule has 5 nitrogen and oxygen atoms in total. The second-order valence-electron chi connectivity index (χ2n) is 7.88. The zero-order valence-corrected chi connectivity index (χ0v) is 21.2. The maximum atomic E-state index is 13.1. The van der Waals surface area contributed by atoms with Crippen LogP contribution in [0.3, 0.4) is 0 Å². The third-order valence-corrected chi connectivity index (χ3v) is 7.09. The van der Waals surface area contributed by atoms with E-state index in [-0.39, 0.29) is 16.7 Å². The van der Waals surface area contributed by atoms with Gasteiger partial charge in [0.25, 0.3) is 5.56 Å². The second kappa shape index (κ2) is 11.0. The van der Waals surface area contributed by atoms with Crippen molar-refractivity contribution in [2.24, 2.45) is 7.05 Å². The van der Waals surface area contributed by atoms with Crippen molar-refractivity contribution in [3.63, 3.8) is 0 Å². The number of anilines is 1. The third kappa shape index (κ3) is 6.11. The normalized spacial score (nSPS) is 11.9. The second-order valence-corrected chi connectivity index (χ2v) is 9.96. The van der Waals surface area contributed by atoms with E-state index in [9.17, 15) is 9.59 Å². The fourth-order valence-electron chi connectivity index (χ4n) is 3.34. The van der Waals surface area contributed by atoms with Gasteiger partial charge in [-0.2, -0.15) is 0 Å². The molecular weight excluding hydrogens is 486 g/mol. The number of nitrogens with zero attached hydrogens (tertiary/aromatic N) is 2. The summed E-state index contributed by atoms with van der Waals surface area (Å²) in [6.07, 6.45) is 2.07. The average molecular weight is 514 g/mol. The number of halogens is 1. The summed E-state index contributed by atoms with van der Waals surface area (Å²) in [6.45, 7) is 5.92. The number of aromatic nitrogens is 2. The molecule has 0 spiro atoms. The summed E-state index contributed by atoms with van der Waals surface area (Å²) in [7, 11) is 1.73. The molecule has 0 aliphatic carbocycles. The predicted molar refractivity (Wildman–Crippen MR) is 136 cm³/mol. The number of nitrogens with one attached hydrogen (secondary N) is 1. The van der Waals surface area contributed by atoms with Gasteiger partial charge in [-0.15, -0.1) is 0 Å². The minimum absolute atomic E-state index is 0.0721. The van der Waals surface area contributed by atoms with Crippen molar-refractivity contribution in [2.45, 2.75) is 50.4 Å². The van der Waals surface area contributed by atoms with Gasteiger partial charge in [0.2, 0.25) is 5.91 Å². The Balaban J connectivity index is 1.82. The van der Waals surface area contributed by atoms with Gasteiger partial charge in [0.05, 0.1) is 5.25 Å². The van der Waals surface area contributed by atoms with Crippen LogP contribution in [0.5, 0.6) is 0 Å². The maximum Gasteiger partial charge on any atom is 0.257 e. The highest BCUT2D eigenvalue weighted by molar-refractivity contribution is 9.10. The molecular formula is C25H28BrN3O2S. The van der Waals surface area contributed by atoms with E-state index in [0.717, 1.165) is 27.7 Å². The molecule has 1 amide bonds. The largest absolute Gasteiger partial charge is 0.325 e. The molecule has 2 aromatic carbocycles. The van der Waals surface area contributed by atoms with Crippen LogP contribution in [0, 0.1) is 13.8 Å². The molecule has 0 fully saturated rings. The molecule has 3 aromatic rings. The van der Waals surface area contributed by atoms with Crippen LogP contribution in [0.15, 0.2) is 63.0 Å². The summed E-state index contributed by atoms with van der Waals surface area (Å²) in [5.74, 6) is -0.0773. The van der Waals surface area contributed by atoms with Crippen molar-refractivity contribution in [3.8, 4) is 0 Å². The Kier molecular flexibility index (Phi) is 8.32. The van der Waals surface area contributed by atoms with Crippen LogP contribution in [-0.2, 0) is 18.3 Å². The van der Waals surface area contributed by atoms with Crippen LogP contribution in [0.2, 0.25) is 0 Å². The van der Waals surface area contributed by atoms with Crippen LogP contribution in [-0.4, -0.2) is 20.7 Å². The van der Waals surface area contributed by atoms with Gasteiger partial charge in [-0.3, -0.25) is 14.2 Å². The molecule has 1 heterocycles. The van der Waals surface area contributed by atoms with Crippen LogP contribution >= 0.6 is 27.7 Å². The average Bonchev–Trinajstić information content (AvgIpc) is 2.77. The monoisotopic (exact) mass is 513 g/mol. The van der Waals surface area contributed by atoms with Gasteiger partial charge < -0.3 is 5.32 Å². The van der Waals surface area contributed by atoms with Crippen LogP contribution in [0.25, 0.3) is 0 Å². The van der Waals surface area contributed by atoms with Gasteiger partial charge in [-0.25, -0.2) is 4.98 Å². The molecule has 1 unspecified atom stereocenters. The summed E-state index contributed by atoms with van der Waals surface area (Å²) in [5, 5.41) is 3.22. The molecule has 1 atom stereocenters. The molecule has 3 rings (SSSR count). The highest BCUT2D eigenvalue weighted by atomic mass is 79.9. The molecule has 0 bridgehead atoms.